The molecule has 36 heavy (non-hydrogen) atoms. The van der Waals surface area contributed by atoms with Crippen LogP contribution in [0.4, 0.5) is 0 Å². The summed E-state index contributed by atoms with van der Waals surface area (Å²) in [5.41, 5.74) is 2.50. The van der Waals surface area contributed by atoms with Gasteiger partial charge in [0.15, 0.2) is 0 Å². The van der Waals surface area contributed by atoms with E-state index in [-0.39, 0.29) is 6.54 Å². The highest BCUT2D eigenvalue weighted by molar-refractivity contribution is 5.90. The lowest BCUT2D eigenvalue weighted by Crippen LogP contribution is -2.50. The summed E-state index contributed by atoms with van der Waals surface area (Å²) in [5.74, 6) is -1.49. The van der Waals surface area contributed by atoms with Gasteiger partial charge in [0.05, 0.1) is 30.4 Å². The second-order valence-corrected chi connectivity index (χ2v) is 8.24. The zero-order chi connectivity index (χ0) is 25.9. The van der Waals surface area contributed by atoms with Gasteiger partial charge in [-0.3, -0.25) is 24.5 Å². The molecule has 3 aromatic rings. The second kappa shape index (κ2) is 13.0. The molecule has 0 spiro atoms. The van der Waals surface area contributed by atoms with E-state index in [1.165, 1.54) is 25.6 Å². The average Bonchev–Trinajstić information content (AvgIpc) is 3.30. The molecular weight excluding hydrogens is 464 g/mol. The summed E-state index contributed by atoms with van der Waals surface area (Å²) in [6.07, 6.45) is 5.19. The standard InChI is InChI=1S/C24H30N8O4/c1-17(23(34)28-18(2)24(35)36-3)27-22(33)16-32-15-21(29-30-32)14-31(12-19-8-4-6-10-25-19)13-20-9-5-7-11-26-20/h4-11,15,17-18H,12-14,16H2,1-3H3,(H,27,33)(H,28,34). The predicted octanol–water partition coefficient (Wildman–Crippen LogP) is 0.453. The lowest BCUT2D eigenvalue weighted by Gasteiger charge is -2.20. The van der Waals surface area contributed by atoms with Gasteiger partial charge in [0.1, 0.15) is 18.6 Å². The molecule has 12 nitrogen and oxygen atoms in total. The Balaban J connectivity index is 1.57. The summed E-state index contributed by atoms with van der Waals surface area (Å²) in [4.78, 5) is 47.0. The molecule has 12 heteroatoms. The Morgan fingerprint density at radius 3 is 2.08 bits per heavy atom. The third kappa shape index (κ3) is 8.24. The maximum Gasteiger partial charge on any atom is 0.328 e. The molecule has 0 saturated heterocycles. The Bertz CT molecular complexity index is 1100. The second-order valence-electron chi connectivity index (χ2n) is 8.24. The Morgan fingerprint density at radius 1 is 0.917 bits per heavy atom. The van der Waals surface area contributed by atoms with Crippen molar-refractivity contribution in [1.82, 2.24) is 40.5 Å². The van der Waals surface area contributed by atoms with Gasteiger partial charge in [-0.15, -0.1) is 5.10 Å². The molecule has 190 valence electrons. The van der Waals surface area contributed by atoms with Crippen molar-refractivity contribution in [3.8, 4) is 0 Å². The monoisotopic (exact) mass is 494 g/mol. The highest BCUT2D eigenvalue weighted by Crippen LogP contribution is 2.10. The molecule has 0 aliphatic rings. The molecule has 2 atom stereocenters. The van der Waals surface area contributed by atoms with Crippen LogP contribution in [0.1, 0.15) is 30.9 Å². The first kappa shape index (κ1) is 26.4. The number of ether oxygens (including phenoxy) is 1. The zero-order valence-electron chi connectivity index (χ0n) is 20.5. The molecule has 0 aliphatic carbocycles. The van der Waals surface area contributed by atoms with Crippen LogP contribution < -0.4 is 10.6 Å². The van der Waals surface area contributed by atoms with Crippen molar-refractivity contribution >= 4 is 17.8 Å². The number of esters is 1. The highest BCUT2D eigenvalue weighted by Gasteiger charge is 2.21. The van der Waals surface area contributed by atoms with Gasteiger partial charge in [-0.2, -0.15) is 0 Å². The summed E-state index contributed by atoms with van der Waals surface area (Å²) in [6, 6.07) is 9.85. The number of hydrogen-bond acceptors (Lipinski definition) is 9. The lowest BCUT2D eigenvalue weighted by molar-refractivity contribution is -0.144. The van der Waals surface area contributed by atoms with Crippen molar-refractivity contribution in [3.63, 3.8) is 0 Å². The van der Waals surface area contributed by atoms with E-state index in [0.29, 0.717) is 25.3 Å². The number of aromatic nitrogens is 5. The number of pyridine rings is 2. The van der Waals surface area contributed by atoms with E-state index in [1.54, 1.807) is 18.6 Å². The van der Waals surface area contributed by atoms with Gasteiger partial charge in [0.25, 0.3) is 0 Å². The fraction of sp³-hybridized carbons (Fsp3) is 0.375. The first-order valence-corrected chi connectivity index (χ1v) is 11.4. The van der Waals surface area contributed by atoms with E-state index in [9.17, 15) is 14.4 Å². The van der Waals surface area contributed by atoms with E-state index in [0.717, 1.165) is 11.4 Å². The van der Waals surface area contributed by atoms with Crippen LogP contribution in [0, 0.1) is 0 Å². The van der Waals surface area contributed by atoms with Crippen LogP contribution in [-0.2, 0) is 45.3 Å². The van der Waals surface area contributed by atoms with E-state index >= 15 is 0 Å². The number of carbonyl (C=O) groups excluding carboxylic acids is 3. The Morgan fingerprint density at radius 2 is 1.53 bits per heavy atom. The van der Waals surface area contributed by atoms with E-state index in [2.05, 4.69) is 40.6 Å². The van der Waals surface area contributed by atoms with Crippen LogP contribution in [0.25, 0.3) is 0 Å². The van der Waals surface area contributed by atoms with Crippen molar-refractivity contribution in [1.29, 1.82) is 0 Å². The van der Waals surface area contributed by atoms with E-state index in [1.807, 2.05) is 36.4 Å². The average molecular weight is 495 g/mol. The molecule has 2 unspecified atom stereocenters. The van der Waals surface area contributed by atoms with Crippen LogP contribution in [0.2, 0.25) is 0 Å². The molecule has 3 rings (SSSR count). The molecule has 0 bridgehead atoms. The minimum absolute atomic E-state index is 0.113. The topological polar surface area (TPSA) is 144 Å². The fourth-order valence-electron chi connectivity index (χ4n) is 3.40. The zero-order valence-corrected chi connectivity index (χ0v) is 20.5. The van der Waals surface area contributed by atoms with Crippen molar-refractivity contribution in [2.24, 2.45) is 0 Å². The van der Waals surface area contributed by atoms with Gasteiger partial charge in [0, 0.05) is 32.0 Å². The van der Waals surface area contributed by atoms with Gasteiger partial charge < -0.3 is 15.4 Å². The smallest absolute Gasteiger partial charge is 0.328 e. The van der Waals surface area contributed by atoms with Gasteiger partial charge in [-0.25, -0.2) is 9.48 Å². The number of amides is 2. The quantitative estimate of drug-likeness (QED) is 0.343. The van der Waals surface area contributed by atoms with Gasteiger partial charge in [0.2, 0.25) is 11.8 Å². The third-order valence-electron chi connectivity index (χ3n) is 5.19. The minimum Gasteiger partial charge on any atom is -0.467 e. The lowest BCUT2D eigenvalue weighted by atomic mass is 10.2. The molecule has 0 fully saturated rings. The number of hydrogen-bond donors (Lipinski definition) is 2. The molecule has 0 saturated carbocycles. The highest BCUT2D eigenvalue weighted by atomic mass is 16.5. The third-order valence-corrected chi connectivity index (χ3v) is 5.19. The van der Waals surface area contributed by atoms with E-state index in [4.69, 9.17) is 0 Å². The maximum absolute atomic E-state index is 12.4. The summed E-state index contributed by atoms with van der Waals surface area (Å²) in [5, 5.41) is 13.3. The van der Waals surface area contributed by atoms with Gasteiger partial charge >= 0.3 is 5.97 Å². The maximum atomic E-state index is 12.4. The van der Waals surface area contributed by atoms with Crippen molar-refractivity contribution in [2.45, 2.75) is 52.1 Å². The number of nitrogens with zero attached hydrogens (tertiary/aromatic N) is 6. The van der Waals surface area contributed by atoms with Crippen LogP contribution in [-0.4, -0.2) is 66.8 Å². The van der Waals surface area contributed by atoms with E-state index < -0.39 is 29.9 Å². The Labute approximate surface area is 209 Å². The molecule has 2 N–H and O–H groups in total. The Hall–Kier alpha value is -4.19. The number of carbonyl (C=O) groups is 3. The van der Waals surface area contributed by atoms with Crippen LogP contribution in [0.5, 0.6) is 0 Å². The summed E-state index contributed by atoms with van der Waals surface area (Å²) >= 11 is 0. The SMILES string of the molecule is COC(=O)C(C)NC(=O)C(C)NC(=O)Cn1cc(CN(Cc2ccccn2)Cc2ccccn2)nn1. The first-order valence-electron chi connectivity index (χ1n) is 11.4. The van der Waals surface area contributed by atoms with Crippen LogP contribution >= 0.6 is 0 Å². The Kier molecular flexibility index (Phi) is 9.57. The minimum atomic E-state index is -0.847. The number of methoxy groups -OCH3 is 1. The normalized spacial score (nSPS) is 12.6. The summed E-state index contributed by atoms with van der Waals surface area (Å²) in [6.45, 7) is 4.55. The molecule has 0 radical (unpaired) electrons. The molecule has 3 aromatic heterocycles. The van der Waals surface area contributed by atoms with Crippen molar-refractivity contribution in [2.75, 3.05) is 7.11 Å². The fourth-order valence-corrected chi connectivity index (χ4v) is 3.40. The molecule has 0 aliphatic heterocycles. The van der Waals surface area contributed by atoms with Gasteiger partial charge in [-0.05, 0) is 38.1 Å². The molecule has 2 amide bonds. The molecule has 3 heterocycles. The van der Waals surface area contributed by atoms with Crippen LogP contribution in [0.15, 0.2) is 55.0 Å². The predicted molar refractivity (Wildman–Crippen MR) is 129 cm³/mol. The van der Waals surface area contributed by atoms with Gasteiger partial charge in [-0.1, -0.05) is 17.3 Å². The summed E-state index contributed by atoms with van der Waals surface area (Å²) in [7, 11) is 1.24. The van der Waals surface area contributed by atoms with Crippen molar-refractivity contribution in [3.05, 3.63) is 72.1 Å². The largest absolute Gasteiger partial charge is 0.467 e. The number of nitrogens with one attached hydrogen (secondary N) is 2. The van der Waals surface area contributed by atoms with Crippen LogP contribution in [0.3, 0.4) is 0 Å². The molecule has 0 aromatic carbocycles. The number of rotatable bonds is 12. The summed E-state index contributed by atoms with van der Waals surface area (Å²) < 4.78 is 5.99. The molecular formula is C24H30N8O4. The van der Waals surface area contributed by atoms with Crippen molar-refractivity contribution < 1.29 is 19.1 Å². The first-order chi connectivity index (χ1) is 17.3.